The highest BCUT2D eigenvalue weighted by molar-refractivity contribution is 5.80. The summed E-state index contributed by atoms with van der Waals surface area (Å²) in [5, 5.41) is 6.64. The van der Waals surface area contributed by atoms with Gasteiger partial charge in [0.15, 0.2) is 0 Å². The smallest absolute Gasteiger partial charge is 0.315 e. The lowest BCUT2D eigenvalue weighted by Gasteiger charge is -2.07. The fraction of sp³-hybridized carbons (Fsp3) is 0.133. The number of aromatic amines is 1. The number of fused-ring (bicyclic) bond motifs is 1. The van der Waals surface area contributed by atoms with Crippen LogP contribution in [0.25, 0.3) is 11.0 Å². The van der Waals surface area contributed by atoms with Crippen LogP contribution in [-0.4, -0.2) is 21.0 Å². The van der Waals surface area contributed by atoms with Gasteiger partial charge in [-0.25, -0.2) is 9.78 Å². The van der Waals surface area contributed by atoms with Crippen molar-refractivity contribution in [1.29, 1.82) is 0 Å². The quantitative estimate of drug-likeness (QED) is 0.683. The average molecular weight is 281 g/mol. The van der Waals surface area contributed by atoms with Gasteiger partial charge in [-0.15, -0.1) is 0 Å². The number of urea groups is 1. The fourth-order valence-corrected chi connectivity index (χ4v) is 2.08. The summed E-state index contributed by atoms with van der Waals surface area (Å²) in [6.45, 7) is 0.902. The van der Waals surface area contributed by atoms with E-state index in [4.69, 9.17) is 0 Å². The second kappa shape index (κ2) is 6.04. The maximum atomic E-state index is 11.8. The predicted octanol–water partition coefficient (Wildman–Crippen LogP) is 1.96. The molecule has 3 aromatic rings. The van der Waals surface area contributed by atoms with Crippen LogP contribution in [0.1, 0.15) is 11.1 Å². The Balaban J connectivity index is 1.54. The molecule has 3 N–H and O–H groups in total. The van der Waals surface area contributed by atoms with Gasteiger partial charge in [-0.1, -0.05) is 6.07 Å². The summed E-state index contributed by atoms with van der Waals surface area (Å²) in [6, 6.07) is 7.40. The van der Waals surface area contributed by atoms with E-state index in [2.05, 4.69) is 25.6 Å². The van der Waals surface area contributed by atoms with Crippen LogP contribution in [0.15, 0.2) is 49.1 Å². The molecule has 0 aliphatic heterocycles. The Morgan fingerprint density at radius 2 is 2.00 bits per heavy atom. The SMILES string of the molecule is O=C(NCc1cccnc1)NCc1c[nH]c2ncccc12. The van der Waals surface area contributed by atoms with Gasteiger partial charge in [0.1, 0.15) is 5.65 Å². The third-order valence-corrected chi connectivity index (χ3v) is 3.15. The van der Waals surface area contributed by atoms with Crippen molar-refractivity contribution in [2.75, 3.05) is 0 Å². The zero-order valence-electron chi connectivity index (χ0n) is 11.3. The second-order valence-corrected chi connectivity index (χ2v) is 4.61. The van der Waals surface area contributed by atoms with Gasteiger partial charge >= 0.3 is 6.03 Å². The molecule has 0 atom stereocenters. The summed E-state index contributed by atoms with van der Waals surface area (Å²) < 4.78 is 0. The predicted molar refractivity (Wildman–Crippen MR) is 79.4 cm³/mol. The molecule has 2 amide bonds. The van der Waals surface area contributed by atoms with Gasteiger partial charge in [-0.2, -0.15) is 0 Å². The van der Waals surface area contributed by atoms with Crippen molar-refractivity contribution in [3.8, 4) is 0 Å². The first-order chi connectivity index (χ1) is 10.3. The maximum Gasteiger partial charge on any atom is 0.315 e. The van der Waals surface area contributed by atoms with Gasteiger partial charge in [0, 0.05) is 43.3 Å². The van der Waals surface area contributed by atoms with Gasteiger partial charge in [-0.3, -0.25) is 4.98 Å². The van der Waals surface area contributed by atoms with Crippen LogP contribution in [0.5, 0.6) is 0 Å². The number of rotatable bonds is 4. The topological polar surface area (TPSA) is 82.7 Å². The molecule has 0 radical (unpaired) electrons. The van der Waals surface area contributed by atoms with Crippen molar-refractivity contribution in [3.63, 3.8) is 0 Å². The molecule has 0 bridgehead atoms. The number of pyridine rings is 2. The molecular weight excluding hydrogens is 266 g/mol. The highest BCUT2D eigenvalue weighted by Crippen LogP contribution is 2.14. The van der Waals surface area contributed by atoms with E-state index < -0.39 is 0 Å². The standard InChI is InChI=1S/C15H15N5O/c21-15(19-8-11-3-1-5-16-7-11)20-10-12-9-18-14-13(12)4-2-6-17-14/h1-7,9H,8,10H2,(H,17,18)(H2,19,20,21). The summed E-state index contributed by atoms with van der Waals surface area (Å²) in [7, 11) is 0. The monoisotopic (exact) mass is 281 g/mol. The molecule has 106 valence electrons. The van der Waals surface area contributed by atoms with Gasteiger partial charge in [0.25, 0.3) is 0 Å². The van der Waals surface area contributed by atoms with E-state index in [1.807, 2.05) is 30.5 Å². The number of hydrogen-bond donors (Lipinski definition) is 3. The second-order valence-electron chi connectivity index (χ2n) is 4.61. The van der Waals surface area contributed by atoms with Crippen LogP contribution in [-0.2, 0) is 13.1 Å². The lowest BCUT2D eigenvalue weighted by Crippen LogP contribution is -2.34. The van der Waals surface area contributed by atoms with Crippen molar-refractivity contribution in [2.45, 2.75) is 13.1 Å². The molecule has 0 aliphatic carbocycles. The summed E-state index contributed by atoms with van der Waals surface area (Å²) in [5.74, 6) is 0. The largest absolute Gasteiger partial charge is 0.346 e. The molecular formula is C15H15N5O. The highest BCUT2D eigenvalue weighted by Gasteiger charge is 2.05. The van der Waals surface area contributed by atoms with E-state index in [0.29, 0.717) is 13.1 Å². The minimum Gasteiger partial charge on any atom is -0.346 e. The van der Waals surface area contributed by atoms with Crippen molar-refractivity contribution < 1.29 is 4.79 Å². The minimum atomic E-state index is -0.211. The van der Waals surface area contributed by atoms with Crippen molar-refractivity contribution >= 4 is 17.1 Å². The third kappa shape index (κ3) is 3.17. The Bertz CT molecular complexity index is 738. The van der Waals surface area contributed by atoms with Crippen LogP contribution in [0.2, 0.25) is 0 Å². The minimum absolute atomic E-state index is 0.211. The van der Waals surface area contributed by atoms with Crippen LogP contribution in [0.3, 0.4) is 0 Å². The lowest BCUT2D eigenvalue weighted by molar-refractivity contribution is 0.240. The number of H-pyrrole nitrogens is 1. The molecule has 0 spiro atoms. The molecule has 21 heavy (non-hydrogen) atoms. The van der Waals surface area contributed by atoms with E-state index in [9.17, 15) is 4.79 Å². The van der Waals surface area contributed by atoms with Crippen LogP contribution in [0, 0.1) is 0 Å². The summed E-state index contributed by atoms with van der Waals surface area (Å²) in [6.07, 6.45) is 7.02. The van der Waals surface area contributed by atoms with Gasteiger partial charge in [0.05, 0.1) is 0 Å². The summed E-state index contributed by atoms with van der Waals surface area (Å²) in [5.41, 5.74) is 2.80. The molecule has 3 rings (SSSR count). The first-order valence-corrected chi connectivity index (χ1v) is 6.64. The zero-order valence-corrected chi connectivity index (χ0v) is 11.3. The molecule has 6 nitrogen and oxygen atoms in total. The molecule has 0 fully saturated rings. The Morgan fingerprint density at radius 1 is 1.14 bits per heavy atom. The number of carbonyl (C=O) groups is 1. The molecule has 0 saturated heterocycles. The first-order valence-electron chi connectivity index (χ1n) is 6.64. The molecule has 0 aromatic carbocycles. The van der Waals surface area contributed by atoms with E-state index >= 15 is 0 Å². The number of aromatic nitrogens is 3. The lowest BCUT2D eigenvalue weighted by atomic mass is 10.2. The van der Waals surface area contributed by atoms with Crippen LogP contribution in [0.4, 0.5) is 4.79 Å². The van der Waals surface area contributed by atoms with Gasteiger partial charge < -0.3 is 15.6 Å². The van der Waals surface area contributed by atoms with E-state index in [0.717, 1.165) is 22.2 Å². The summed E-state index contributed by atoms with van der Waals surface area (Å²) in [4.78, 5) is 23.1. The normalized spacial score (nSPS) is 10.5. The molecule has 0 aliphatic rings. The zero-order chi connectivity index (χ0) is 14.5. The van der Waals surface area contributed by atoms with Crippen LogP contribution < -0.4 is 10.6 Å². The Labute approximate surface area is 121 Å². The Morgan fingerprint density at radius 3 is 2.86 bits per heavy atom. The number of hydrogen-bond acceptors (Lipinski definition) is 3. The van der Waals surface area contributed by atoms with Crippen molar-refractivity contribution in [1.82, 2.24) is 25.6 Å². The van der Waals surface area contributed by atoms with Gasteiger partial charge in [-0.05, 0) is 29.3 Å². The number of carbonyl (C=O) groups excluding carboxylic acids is 1. The highest BCUT2D eigenvalue weighted by atomic mass is 16.2. The Hall–Kier alpha value is -2.89. The van der Waals surface area contributed by atoms with E-state index in [1.165, 1.54) is 0 Å². The van der Waals surface area contributed by atoms with E-state index in [1.54, 1.807) is 18.6 Å². The maximum absolute atomic E-state index is 11.8. The van der Waals surface area contributed by atoms with Gasteiger partial charge in [0.2, 0.25) is 0 Å². The van der Waals surface area contributed by atoms with Crippen molar-refractivity contribution in [2.24, 2.45) is 0 Å². The number of amides is 2. The number of nitrogens with one attached hydrogen (secondary N) is 3. The fourth-order valence-electron chi connectivity index (χ4n) is 2.08. The molecule has 3 heterocycles. The molecule has 0 saturated carbocycles. The van der Waals surface area contributed by atoms with E-state index in [-0.39, 0.29) is 6.03 Å². The van der Waals surface area contributed by atoms with Crippen molar-refractivity contribution in [3.05, 3.63) is 60.2 Å². The molecule has 3 aromatic heterocycles. The number of nitrogens with zero attached hydrogens (tertiary/aromatic N) is 2. The molecule has 0 unspecified atom stereocenters. The van der Waals surface area contributed by atoms with Crippen LogP contribution >= 0.6 is 0 Å². The third-order valence-electron chi connectivity index (χ3n) is 3.15. The Kier molecular flexibility index (Phi) is 3.77. The average Bonchev–Trinajstić information content (AvgIpc) is 2.95. The summed E-state index contributed by atoms with van der Waals surface area (Å²) >= 11 is 0. The molecule has 6 heteroatoms. The first kappa shape index (κ1) is 13.1.